The number of rotatable bonds is 4. The first-order chi connectivity index (χ1) is 9.99. The van der Waals surface area contributed by atoms with E-state index in [-0.39, 0.29) is 11.7 Å². The van der Waals surface area contributed by atoms with Crippen LogP contribution in [0.15, 0.2) is 47.4 Å². The number of nitrogens with one attached hydrogen (secondary N) is 1. The van der Waals surface area contributed by atoms with Gasteiger partial charge < -0.3 is 11.1 Å². The lowest BCUT2D eigenvalue weighted by Crippen LogP contribution is -2.21. The lowest BCUT2D eigenvalue weighted by Gasteiger charge is -2.11. The smallest absolute Gasteiger partial charge is 0.237 e. The Bertz CT molecular complexity index is 678. The Hall–Kier alpha value is -2.14. The van der Waals surface area contributed by atoms with Gasteiger partial charge in [0.2, 0.25) is 5.91 Å². The molecule has 0 spiro atoms. The number of carbonyl (C=O) groups excluding carboxylic acids is 1. The van der Waals surface area contributed by atoms with Gasteiger partial charge in [-0.05, 0) is 37.1 Å². The normalized spacial score (nSPS) is 11.9. The Morgan fingerprint density at radius 1 is 1.10 bits per heavy atom. The van der Waals surface area contributed by atoms with Gasteiger partial charge in [0.25, 0.3) is 0 Å². The molecule has 5 heteroatoms. The quantitative estimate of drug-likeness (QED) is 0.853. The molecule has 1 amide bonds. The number of hydrogen-bond acceptors (Lipinski definition) is 3. The summed E-state index contributed by atoms with van der Waals surface area (Å²) in [6, 6.07) is 12.8. The minimum atomic E-state index is -1.36. The summed E-state index contributed by atoms with van der Waals surface area (Å²) in [7, 11) is -1.36. The van der Waals surface area contributed by atoms with Crippen molar-refractivity contribution in [3.05, 3.63) is 53.6 Å². The number of carbonyl (C=O) groups is 1. The van der Waals surface area contributed by atoms with E-state index >= 15 is 0 Å². The minimum Gasteiger partial charge on any atom is -0.397 e. The van der Waals surface area contributed by atoms with E-state index in [1.807, 2.05) is 44.2 Å². The topological polar surface area (TPSA) is 72.2 Å². The van der Waals surface area contributed by atoms with Crippen molar-refractivity contribution in [1.82, 2.24) is 0 Å². The second-order valence-corrected chi connectivity index (χ2v) is 6.26. The van der Waals surface area contributed by atoms with E-state index in [2.05, 4.69) is 5.32 Å². The summed E-state index contributed by atoms with van der Waals surface area (Å²) >= 11 is 0. The van der Waals surface area contributed by atoms with Crippen molar-refractivity contribution in [2.75, 3.05) is 16.8 Å². The van der Waals surface area contributed by atoms with Gasteiger partial charge in [-0.3, -0.25) is 9.00 Å². The number of hydrogen-bond donors (Lipinski definition) is 2. The van der Waals surface area contributed by atoms with Crippen molar-refractivity contribution in [2.45, 2.75) is 18.7 Å². The van der Waals surface area contributed by atoms with Crippen molar-refractivity contribution >= 4 is 28.1 Å². The zero-order valence-corrected chi connectivity index (χ0v) is 12.9. The molecule has 2 aromatic carbocycles. The predicted octanol–water partition coefficient (Wildman–Crippen LogP) is 2.63. The molecule has 0 fully saturated rings. The molecule has 1 unspecified atom stereocenters. The molecule has 0 aliphatic rings. The van der Waals surface area contributed by atoms with Crippen LogP contribution in [0, 0.1) is 13.8 Å². The lowest BCUT2D eigenvalue weighted by molar-refractivity contribution is -0.113. The fraction of sp³-hybridized carbons (Fsp3) is 0.188. The van der Waals surface area contributed by atoms with Crippen molar-refractivity contribution in [3.8, 4) is 0 Å². The van der Waals surface area contributed by atoms with Crippen LogP contribution in [0.4, 0.5) is 11.4 Å². The van der Waals surface area contributed by atoms with E-state index < -0.39 is 10.8 Å². The molecular weight excluding hydrogens is 284 g/mol. The molecule has 2 aromatic rings. The van der Waals surface area contributed by atoms with Gasteiger partial charge in [0, 0.05) is 4.90 Å². The van der Waals surface area contributed by atoms with Crippen LogP contribution < -0.4 is 11.1 Å². The minimum absolute atomic E-state index is 0.0847. The Labute approximate surface area is 126 Å². The number of aryl methyl sites for hydroxylation is 2. The summed E-state index contributed by atoms with van der Waals surface area (Å²) in [6.07, 6.45) is 0. The third-order valence-corrected chi connectivity index (χ3v) is 4.64. The van der Waals surface area contributed by atoms with Crippen LogP contribution in [0.2, 0.25) is 0 Å². The predicted molar refractivity (Wildman–Crippen MR) is 86.7 cm³/mol. The first kappa shape index (κ1) is 15.3. The molecule has 4 nitrogen and oxygen atoms in total. The van der Waals surface area contributed by atoms with E-state index in [9.17, 15) is 9.00 Å². The summed E-state index contributed by atoms with van der Waals surface area (Å²) in [4.78, 5) is 12.7. The summed E-state index contributed by atoms with van der Waals surface area (Å²) in [5, 5.41) is 2.74. The molecule has 0 bridgehead atoms. The van der Waals surface area contributed by atoms with E-state index in [1.54, 1.807) is 12.1 Å². The molecule has 0 heterocycles. The third-order valence-electron chi connectivity index (χ3n) is 3.17. The maximum Gasteiger partial charge on any atom is 0.237 e. The van der Waals surface area contributed by atoms with Gasteiger partial charge in [0.05, 0.1) is 22.2 Å². The van der Waals surface area contributed by atoms with E-state index in [0.717, 1.165) is 11.1 Å². The first-order valence-electron chi connectivity index (χ1n) is 6.58. The molecular formula is C16H18N2O2S. The molecule has 0 saturated heterocycles. The molecule has 0 saturated carbocycles. The van der Waals surface area contributed by atoms with Gasteiger partial charge in [0.1, 0.15) is 5.75 Å². The maximum absolute atomic E-state index is 12.3. The maximum atomic E-state index is 12.3. The number of nitrogen functional groups attached to an aromatic ring is 1. The summed E-state index contributed by atoms with van der Waals surface area (Å²) in [5.74, 6) is -0.392. The van der Waals surface area contributed by atoms with Crippen molar-refractivity contribution in [2.24, 2.45) is 0 Å². The number of nitrogens with two attached hydrogens (primary N) is 1. The first-order valence-corrected chi connectivity index (χ1v) is 7.90. The van der Waals surface area contributed by atoms with E-state index in [1.165, 1.54) is 0 Å². The fourth-order valence-corrected chi connectivity index (χ4v) is 3.17. The van der Waals surface area contributed by atoms with Gasteiger partial charge in [-0.25, -0.2) is 0 Å². The van der Waals surface area contributed by atoms with Crippen LogP contribution in [-0.4, -0.2) is 15.9 Å². The Balaban J connectivity index is 2.09. The van der Waals surface area contributed by atoms with Crippen molar-refractivity contribution in [1.29, 1.82) is 0 Å². The second-order valence-electron chi connectivity index (χ2n) is 4.84. The van der Waals surface area contributed by atoms with Gasteiger partial charge in [0.15, 0.2) is 0 Å². The fourth-order valence-electron chi connectivity index (χ4n) is 2.05. The summed E-state index contributed by atoms with van der Waals surface area (Å²) < 4.78 is 12.3. The molecule has 0 aromatic heterocycles. The molecule has 0 aliphatic carbocycles. The van der Waals surface area contributed by atoms with Crippen LogP contribution in [0.3, 0.4) is 0 Å². The molecule has 0 aliphatic heterocycles. The summed E-state index contributed by atoms with van der Waals surface area (Å²) in [5.41, 5.74) is 8.73. The van der Waals surface area contributed by atoms with E-state index in [4.69, 9.17) is 5.73 Å². The molecule has 2 rings (SSSR count). The molecule has 21 heavy (non-hydrogen) atoms. The van der Waals surface area contributed by atoms with Gasteiger partial charge >= 0.3 is 0 Å². The average molecular weight is 302 g/mol. The van der Waals surface area contributed by atoms with Crippen molar-refractivity contribution < 1.29 is 9.00 Å². The zero-order valence-electron chi connectivity index (χ0n) is 12.1. The lowest BCUT2D eigenvalue weighted by atomic mass is 10.1. The largest absolute Gasteiger partial charge is 0.397 e. The standard InChI is InChI=1S/C16H18N2O2S/c1-11-6-3-4-9-14(11)21(20)10-15(19)18-16-12(2)7-5-8-13(16)17/h3-9H,10,17H2,1-2H3,(H,18,19). The highest BCUT2D eigenvalue weighted by molar-refractivity contribution is 7.85. The number of amides is 1. The highest BCUT2D eigenvalue weighted by atomic mass is 32.2. The van der Waals surface area contributed by atoms with Crippen LogP contribution in [0.5, 0.6) is 0 Å². The SMILES string of the molecule is Cc1ccccc1S(=O)CC(=O)Nc1c(C)cccc1N. The number of para-hydroxylation sites is 1. The number of benzene rings is 2. The Kier molecular flexibility index (Phi) is 4.75. The molecule has 110 valence electrons. The van der Waals surface area contributed by atoms with E-state index in [0.29, 0.717) is 16.3 Å². The second kappa shape index (κ2) is 6.54. The van der Waals surface area contributed by atoms with Crippen LogP contribution in [0.1, 0.15) is 11.1 Å². The highest BCUT2D eigenvalue weighted by Crippen LogP contribution is 2.22. The number of anilines is 2. The molecule has 0 radical (unpaired) electrons. The molecule has 3 N–H and O–H groups in total. The zero-order chi connectivity index (χ0) is 15.4. The summed E-state index contributed by atoms with van der Waals surface area (Å²) in [6.45, 7) is 3.74. The van der Waals surface area contributed by atoms with Gasteiger partial charge in [-0.15, -0.1) is 0 Å². The van der Waals surface area contributed by atoms with Crippen molar-refractivity contribution in [3.63, 3.8) is 0 Å². The third kappa shape index (κ3) is 3.70. The molecule has 1 atom stereocenters. The average Bonchev–Trinajstić information content (AvgIpc) is 2.43. The van der Waals surface area contributed by atoms with Crippen LogP contribution in [-0.2, 0) is 15.6 Å². The Morgan fingerprint density at radius 2 is 1.76 bits per heavy atom. The monoisotopic (exact) mass is 302 g/mol. The highest BCUT2D eigenvalue weighted by Gasteiger charge is 2.14. The van der Waals surface area contributed by atoms with Gasteiger partial charge in [-0.1, -0.05) is 30.3 Å². The van der Waals surface area contributed by atoms with Gasteiger partial charge in [-0.2, -0.15) is 0 Å². The Morgan fingerprint density at radius 3 is 2.43 bits per heavy atom. The van der Waals surface area contributed by atoms with Crippen LogP contribution in [0.25, 0.3) is 0 Å². The van der Waals surface area contributed by atoms with Crippen LogP contribution >= 0.6 is 0 Å².